The highest BCUT2D eigenvalue weighted by Crippen LogP contribution is 2.21. The van der Waals surface area contributed by atoms with Gasteiger partial charge < -0.3 is 15.5 Å². The second-order valence-corrected chi connectivity index (χ2v) is 9.64. The number of hydrogen-bond donors (Lipinski definition) is 2. The highest BCUT2D eigenvalue weighted by molar-refractivity contribution is 5.90. The van der Waals surface area contributed by atoms with Crippen LogP contribution in [0.4, 0.5) is 0 Å². The van der Waals surface area contributed by atoms with Crippen LogP contribution in [0.3, 0.4) is 0 Å². The fourth-order valence-electron chi connectivity index (χ4n) is 4.97. The number of rotatable bonds is 11. The van der Waals surface area contributed by atoms with E-state index in [2.05, 4.69) is 95.3 Å². The summed E-state index contributed by atoms with van der Waals surface area (Å²) < 4.78 is 0. The normalized spacial score (nSPS) is 15.1. The third-order valence-corrected chi connectivity index (χ3v) is 7.15. The molecule has 0 unspecified atom stereocenters. The molecule has 188 valence electrons. The first-order valence-electron chi connectivity index (χ1n) is 12.9. The first-order chi connectivity index (χ1) is 16.7. The van der Waals surface area contributed by atoms with Gasteiger partial charge in [0.15, 0.2) is 0 Å². The summed E-state index contributed by atoms with van der Waals surface area (Å²) >= 11 is 0. The van der Waals surface area contributed by atoms with Crippen LogP contribution < -0.4 is 10.6 Å². The van der Waals surface area contributed by atoms with Gasteiger partial charge >= 0.3 is 0 Å². The summed E-state index contributed by atoms with van der Waals surface area (Å²) in [6.07, 6.45) is 5.08. The molecule has 3 aromatic carbocycles. The molecule has 1 fully saturated rings. The Morgan fingerprint density at radius 2 is 1.60 bits per heavy atom. The largest absolute Gasteiger partial charge is 0.342 e. The van der Waals surface area contributed by atoms with Gasteiger partial charge in [0.05, 0.1) is 6.42 Å². The zero-order chi connectivity index (χ0) is 23.6. The van der Waals surface area contributed by atoms with Crippen molar-refractivity contribution in [1.82, 2.24) is 15.5 Å². The molecule has 0 radical (unpaired) electrons. The summed E-state index contributed by atoms with van der Waals surface area (Å²) in [6, 6.07) is 25.6. The SMILES string of the molecule is C[C@H](NCCCCNCC1CCN(C(=O)Cc2cccc3ccccc23)CC1)c1ccccc1.Cl. The average Bonchev–Trinajstić information content (AvgIpc) is 2.89. The predicted octanol–water partition coefficient (Wildman–Crippen LogP) is 5.76. The monoisotopic (exact) mass is 493 g/mol. The standard InChI is InChI=1S/C30H39N3O.ClH/c1-24(26-10-3-2-4-11-26)32-19-8-7-18-31-23-25-16-20-33(21-17-25)30(34)22-28-14-9-13-27-12-5-6-15-29(27)28;/h2-6,9-15,24-25,31-32H,7-8,16-23H2,1H3;1H/t24-;/m0./s1. The van der Waals surface area contributed by atoms with Crippen molar-refractivity contribution in [2.24, 2.45) is 5.92 Å². The van der Waals surface area contributed by atoms with Gasteiger partial charge in [-0.2, -0.15) is 0 Å². The van der Waals surface area contributed by atoms with E-state index in [1.54, 1.807) is 0 Å². The smallest absolute Gasteiger partial charge is 0.227 e. The molecule has 2 N–H and O–H groups in total. The first-order valence-corrected chi connectivity index (χ1v) is 12.9. The van der Waals surface area contributed by atoms with Crippen molar-refractivity contribution in [2.75, 3.05) is 32.7 Å². The summed E-state index contributed by atoms with van der Waals surface area (Å²) in [4.78, 5) is 15.0. The van der Waals surface area contributed by atoms with Crippen molar-refractivity contribution in [3.8, 4) is 0 Å². The van der Waals surface area contributed by atoms with E-state index in [0.29, 0.717) is 18.4 Å². The summed E-state index contributed by atoms with van der Waals surface area (Å²) in [5.74, 6) is 0.942. The highest BCUT2D eigenvalue weighted by Gasteiger charge is 2.23. The molecule has 0 aromatic heterocycles. The quantitative estimate of drug-likeness (QED) is 0.333. The molecular formula is C30H40ClN3O. The van der Waals surface area contributed by atoms with Crippen LogP contribution in [0.15, 0.2) is 72.8 Å². The molecule has 4 nitrogen and oxygen atoms in total. The molecule has 3 aromatic rings. The van der Waals surface area contributed by atoms with Crippen molar-refractivity contribution >= 4 is 29.1 Å². The number of piperidine rings is 1. The van der Waals surface area contributed by atoms with E-state index >= 15 is 0 Å². The van der Waals surface area contributed by atoms with E-state index < -0.39 is 0 Å². The molecule has 1 amide bonds. The number of carbonyl (C=O) groups excluding carboxylic acids is 1. The minimum Gasteiger partial charge on any atom is -0.342 e. The average molecular weight is 494 g/mol. The second kappa shape index (κ2) is 14.2. The Bertz CT molecular complexity index is 1030. The second-order valence-electron chi connectivity index (χ2n) is 9.64. The van der Waals surface area contributed by atoms with Crippen LogP contribution in [0.1, 0.15) is 49.8 Å². The fraction of sp³-hybridized carbons (Fsp3) is 0.433. The number of hydrogen-bond acceptors (Lipinski definition) is 3. The van der Waals surface area contributed by atoms with E-state index in [1.165, 1.54) is 29.2 Å². The van der Waals surface area contributed by atoms with Gasteiger partial charge in [-0.05, 0) is 80.1 Å². The number of benzene rings is 3. The Morgan fingerprint density at radius 1 is 0.914 bits per heavy atom. The lowest BCUT2D eigenvalue weighted by atomic mass is 9.95. The molecular weight excluding hydrogens is 454 g/mol. The Hall–Kier alpha value is -2.40. The summed E-state index contributed by atoms with van der Waals surface area (Å²) in [5, 5.41) is 9.67. The molecule has 0 saturated carbocycles. The van der Waals surface area contributed by atoms with Crippen LogP contribution in [0.25, 0.3) is 10.8 Å². The zero-order valence-electron chi connectivity index (χ0n) is 20.9. The van der Waals surface area contributed by atoms with Crippen LogP contribution in [0.2, 0.25) is 0 Å². The molecule has 1 atom stereocenters. The van der Waals surface area contributed by atoms with Gasteiger partial charge in [-0.25, -0.2) is 0 Å². The maximum Gasteiger partial charge on any atom is 0.227 e. The van der Waals surface area contributed by atoms with Crippen LogP contribution in [-0.2, 0) is 11.2 Å². The highest BCUT2D eigenvalue weighted by atomic mass is 35.5. The molecule has 1 saturated heterocycles. The van der Waals surface area contributed by atoms with E-state index in [1.807, 2.05) is 0 Å². The molecule has 0 aliphatic carbocycles. The molecule has 1 aliphatic rings. The number of carbonyl (C=O) groups is 1. The summed E-state index contributed by atoms with van der Waals surface area (Å²) in [5.41, 5.74) is 2.49. The summed E-state index contributed by atoms with van der Waals surface area (Å²) in [6.45, 7) is 7.19. The van der Waals surface area contributed by atoms with Gasteiger partial charge in [-0.3, -0.25) is 4.79 Å². The molecule has 5 heteroatoms. The lowest BCUT2D eigenvalue weighted by Gasteiger charge is -2.32. The number of halogens is 1. The minimum atomic E-state index is 0. The maximum absolute atomic E-state index is 12.9. The lowest BCUT2D eigenvalue weighted by molar-refractivity contribution is -0.131. The third kappa shape index (κ3) is 8.06. The van der Waals surface area contributed by atoms with E-state index in [9.17, 15) is 4.79 Å². The molecule has 35 heavy (non-hydrogen) atoms. The summed E-state index contributed by atoms with van der Waals surface area (Å²) in [7, 11) is 0. The number of nitrogens with one attached hydrogen (secondary N) is 2. The van der Waals surface area contributed by atoms with Crippen molar-refractivity contribution < 1.29 is 4.79 Å². The van der Waals surface area contributed by atoms with Crippen LogP contribution >= 0.6 is 12.4 Å². The van der Waals surface area contributed by atoms with Crippen molar-refractivity contribution in [3.05, 3.63) is 83.9 Å². The Labute approximate surface area is 216 Å². The van der Waals surface area contributed by atoms with Gasteiger partial charge in [0.2, 0.25) is 5.91 Å². The number of unbranched alkanes of at least 4 members (excludes halogenated alkanes) is 1. The van der Waals surface area contributed by atoms with E-state index in [0.717, 1.165) is 51.1 Å². The minimum absolute atomic E-state index is 0. The van der Waals surface area contributed by atoms with Gasteiger partial charge in [0, 0.05) is 19.1 Å². The Balaban J connectivity index is 0.00000342. The van der Waals surface area contributed by atoms with Crippen LogP contribution in [0.5, 0.6) is 0 Å². The maximum atomic E-state index is 12.9. The molecule has 4 rings (SSSR count). The number of amides is 1. The van der Waals surface area contributed by atoms with Gasteiger partial charge in [-0.15, -0.1) is 12.4 Å². The first kappa shape index (κ1) is 27.2. The number of fused-ring (bicyclic) bond motifs is 1. The van der Waals surface area contributed by atoms with E-state index in [-0.39, 0.29) is 18.3 Å². The molecule has 1 heterocycles. The third-order valence-electron chi connectivity index (χ3n) is 7.15. The Morgan fingerprint density at radius 3 is 2.40 bits per heavy atom. The predicted molar refractivity (Wildman–Crippen MR) is 149 cm³/mol. The topological polar surface area (TPSA) is 44.4 Å². The van der Waals surface area contributed by atoms with Crippen LogP contribution in [0, 0.1) is 5.92 Å². The van der Waals surface area contributed by atoms with Gasteiger partial charge in [-0.1, -0.05) is 72.8 Å². The molecule has 1 aliphatic heterocycles. The fourth-order valence-corrected chi connectivity index (χ4v) is 4.97. The molecule has 0 bridgehead atoms. The van der Waals surface area contributed by atoms with Crippen molar-refractivity contribution in [1.29, 1.82) is 0 Å². The van der Waals surface area contributed by atoms with Crippen molar-refractivity contribution in [2.45, 2.75) is 45.1 Å². The van der Waals surface area contributed by atoms with E-state index in [4.69, 9.17) is 0 Å². The van der Waals surface area contributed by atoms with Crippen molar-refractivity contribution in [3.63, 3.8) is 0 Å². The lowest BCUT2D eigenvalue weighted by Crippen LogP contribution is -2.41. The van der Waals surface area contributed by atoms with Crippen LogP contribution in [-0.4, -0.2) is 43.5 Å². The van der Waals surface area contributed by atoms with Gasteiger partial charge in [0.25, 0.3) is 0 Å². The molecule has 0 spiro atoms. The number of likely N-dealkylation sites (tertiary alicyclic amines) is 1. The van der Waals surface area contributed by atoms with Gasteiger partial charge in [0.1, 0.15) is 0 Å². The number of nitrogens with zero attached hydrogens (tertiary/aromatic N) is 1. The zero-order valence-corrected chi connectivity index (χ0v) is 21.7. The Kier molecular flexibility index (Phi) is 11.1.